The third-order valence-electron chi connectivity index (χ3n) is 2.93. The monoisotopic (exact) mass is 290 g/mol. The molecule has 0 bridgehead atoms. The van der Waals surface area contributed by atoms with E-state index in [1.807, 2.05) is 13.0 Å². The number of rotatable bonds is 2. The zero-order chi connectivity index (χ0) is 14.1. The van der Waals surface area contributed by atoms with Crippen molar-refractivity contribution in [1.82, 2.24) is 0 Å². The Morgan fingerprint density at radius 3 is 2.60 bits per heavy atom. The lowest BCUT2D eigenvalue weighted by Gasteiger charge is -2.20. The predicted octanol–water partition coefficient (Wildman–Crippen LogP) is 2.66. The Bertz CT molecular complexity index is 666. The van der Waals surface area contributed by atoms with Crippen LogP contribution in [0.25, 0.3) is 0 Å². The van der Waals surface area contributed by atoms with Gasteiger partial charge in [0.15, 0.2) is 11.5 Å². The molecule has 0 radical (unpaired) electrons. The first-order valence-corrected chi connectivity index (χ1v) is 7.02. The second-order valence-corrected chi connectivity index (χ2v) is 5.74. The van der Waals surface area contributed by atoms with Gasteiger partial charge in [-0.05, 0) is 19.1 Å². The average molecular weight is 290 g/mol. The number of nitrogens with two attached hydrogens (primary N) is 1. The second kappa shape index (κ2) is 5.05. The van der Waals surface area contributed by atoms with Gasteiger partial charge < -0.3 is 20.5 Å². The van der Waals surface area contributed by atoms with E-state index in [-0.39, 0.29) is 5.91 Å². The summed E-state index contributed by atoms with van der Waals surface area (Å²) in [6.45, 7) is 2.96. The lowest BCUT2D eigenvalue weighted by Crippen LogP contribution is -2.17. The summed E-state index contributed by atoms with van der Waals surface area (Å²) in [5, 5.41) is 2.80. The molecular formula is C14H14N2O3S. The fraction of sp³-hybridized carbons (Fsp3) is 0.214. The molecule has 3 rings (SSSR count). The number of nitrogen functional groups attached to an aromatic ring is 1. The van der Waals surface area contributed by atoms with E-state index in [2.05, 4.69) is 5.32 Å². The molecule has 6 heteroatoms. The topological polar surface area (TPSA) is 73.6 Å². The van der Waals surface area contributed by atoms with Gasteiger partial charge in [-0.2, -0.15) is 0 Å². The molecule has 0 spiro atoms. The van der Waals surface area contributed by atoms with Crippen LogP contribution in [-0.4, -0.2) is 19.1 Å². The summed E-state index contributed by atoms with van der Waals surface area (Å²) in [5.41, 5.74) is 6.92. The number of hydrogen-bond acceptors (Lipinski definition) is 5. The van der Waals surface area contributed by atoms with Gasteiger partial charge in [-0.15, -0.1) is 11.3 Å². The van der Waals surface area contributed by atoms with E-state index in [1.54, 1.807) is 18.2 Å². The Kier molecular flexibility index (Phi) is 3.23. The molecule has 5 nitrogen and oxygen atoms in total. The molecule has 1 aromatic heterocycles. The van der Waals surface area contributed by atoms with Crippen LogP contribution in [0.1, 0.15) is 14.5 Å². The van der Waals surface area contributed by atoms with E-state index >= 15 is 0 Å². The van der Waals surface area contributed by atoms with E-state index in [9.17, 15) is 4.79 Å². The van der Waals surface area contributed by atoms with Gasteiger partial charge >= 0.3 is 0 Å². The number of anilines is 2. The number of benzene rings is 1. The van der Waals surface area contributed by atoms with Crippen molar-refractivity contribution in [3.05, 3.63) is 34.0 Å². The summed E-state index contributed by atoms with van der Waals surface area (Å²) in [7, 11) is 0. The van der Waals surface area contributed by atoms with Gasteiger partial charge in [0.1, 0.15) is 13.2 Å². The average Bonchev–Trinajstić information content (AvgIpc) is 2.86. The third kappa shape index (κ3) is 2.42. The van der Waals surface area contributed by atoms with E-state index in [0.717, 1.165) is 4.88 Å². The van der Waals surface area contributed by atoms with Gasteiger partial charge in [0.25, 0.3) is 5.91 Å². The summed E-state index contributed by atoms with van der Waals surface area (Å²) in [6, 6.07) is 7.07. The molecular weight excluding hydrogens is 276 g/mol. The molecule has 0 saturated heterocycles. The Morgan fingerprint density at radius 1 is 1.25 bits per heavy atom. The maximum Gasteiger partial charge on any atom is 0.265 e. The molecule has 3 N–H and O–H groups in total. The van der Waals surface area contributed by atoms with Crippen LogP contribution >= 0.6 is 11.3 Å². The van der Waals surface area contributed by atoms with Crippen molar-refractivity contribution in [2.75, 3.05) is 24.3 Å². The fourth-order valence-corrected chi connectivity index (χ4v) is 2.72. The minimum atomic E-state index is -0.175. The van der Waals surface area contributed by atoms with Crippen LogP contribution in [0, 0.1) is 6.92 Å². The summed E-state index contributed by atoms with van der Waals surface area (Å²) < 4.78 is 10.9. The quantitative estimate of drug-likeness (QED) is 0.834. The van der Waals surface area contributed by atoms with Crippen molar-refractivity contribution >= 4 is 28.6 Å². The van der Waals surface area contributed by atoms with Crippen LogP contribution < -0.4 is 20.5 Å². The Morgan fingerprint density at radius 2 is 1.95 bits per heavy atom. The highest BCUT2D eigenvalue weighted by molar-refractivity contribution is 7.14. The highest BCUT2D eigenvalue weighted by Crippen LogP contribution is 2.37. The first-order valence-electron chi connectivity index (χ1n) is 6.20. The van der Waals surface area contributed by atoms with Crippen LogP contribution in [0.5, 0.6) is 11.5 Å². The number of carbonyl (C=O) groups excluding carboxylic acids is 1. The Labute approximate surface area is 120 Å². The van der Waals surface area contributed by atoms with Crippen LogP contribution in [0.15, 0.2) is 24.3 Å². The lowest BCUT2D eigenvalue weighted by atomic mass is 10.2. The molecule has 0 fully saturated rings. The third-order valence-corrected chi connectivity index (χ3v) is 3.93. The van der Waals surface area contributed by atoms with Gasteiger partial charge in [-0.25, -0.2) is 0 Å². The van der Waals surface area contributed by atoms with E-state index in [4.69, 9.17) is 15.2 Å². The van der Waals surface area contributed by atoms with Crippen molar-refractivity contribution in [2.24, 2.45) is 0 Å². The smallest absolute Gasteiger partial charge is 0.265 e. The summed E-state index contributed by atoms with van der Waals surface area (Å²) >= 11 is 1.44. The molecule has 0 aliphatic carbocycles. The predicted molar refractivity (Wildman–Crippen MR) is 78.9 cm³/mol. The maximum absolute atomic E-state index is 12.1. The normalized spacial score (nSPS) is 13.1. The zero-order valence-corrected chi connectivity index (χ0v) is 11.8. The van der Waals surface area contributed by atoms with Gasteiger partial charge in [-0.1, -0.05) is 0 Å². The van der Waals surface area contributed by atoms with Gasteiger partial charge in [0.05, 0.1) is 16.3 Å². The van der Waals surface area contributed by atoms with Crippen molar-refractivity contribution in [2.45, 2.75) is 6.92 Å². The number of amides is 1. The zero-order valence-electron chi connectivity index (χ0n) is 10.9. The number of aryl methyl sites for hydroxylation is 1. The number of thiophene rings is 1. The lowest BCUT2D eigenvalue weighted by molar-refractivity contribution is 0.103. The molecule has 1 aliphatic rings. The number of fused-ring (bicyclic) bond motifs is 1. The molecule has 20 heavy (non-hydrogen) atoms. The first-order chi connectivity index (χ1) is 9.63. The number of ether oxygens (including phenoxy) is 2. The minimum Gasteiger partial charge on any atom is -0.486 e. The number of hydrogen-bond donors (Lipinski definition) is 2. The SMILES string of the molecule is Cc1ccc(C(=O)Nc2cc3c(cc2N)OCCO3)s1. The second-order valence-electron chi connectivity index (χ2n) is 4.45. The minimum absolute atomic E-state index is 0.175. The van der Waals surface area contributed by atoms with Crippen molar-refractivity contribution in [1.29, 1.82) is 0 Å². The molecule has 1 amide bonds. The van der Waals surface area contributed by atoms with E-state index in [1.165, 1.54) is 11.3 Å². The molecule has 1 aromatic carbocycles. The van der Waals surface area contributed by atoms with Gasteiger partial charge in [0.2, 0.25) is 0 Å². The molecule has 2 aromatic rings. The molecule has 0 atom stereocenters. The van der Waals surface area contributed by atoms with Gasteiger partial charge in [-0.3, -0.25) is 4.79 Å². The van der Waals surface area contributed by atoms with Crippen molar-refractivity contribution < 1.29 is 14.3 Å². The van der Waals surface area contributed by atoms with Crippen molar-refractivity contribution in [3.63, 3.8) is 0 Å². The van der Waals surface area contributed by atoms with E-state index < -0.39 is 0 Å². The molecule has 2 heterocycles. The van der Waals surface area contributed by atoms with Crippen molar-refractivity contribution in [3.8, 4) is 11.5 Å². The summed E-state index contributed by atoms with van der Waals surface area (Å²) in [4.78, 5) is 13.9. The summed E-state index contributed by atoms with van der Waals surface area (Å²) in [5.74, 6) is 1.04. The number of nitrogens with one attached hydrogen (secondary N) is 1. The highest BCUT2D eigenvalue weighted by Gasteiger charge is 2.17. The Balaban J connectivity index is 1.85. The van der Waals surface area contributed by atoms with Crippen LogP contribution in [0.2, 0.25) is 0 Å². The van der Waals surface area contributed by atoms with Crippen LogP contribution in [-0.2, 0) is 0 Å². The molecule has 1 aliphatic heterocycles. The Hall–Kier alpha value is -2.21. The van der Waals surface area contributed by atoms with Gasteiger partial charge in [0, 0.05) is 17.0 Å². The molecule has 0 saturated carbocycles. The highest BCUT2D eigenvalue weighted by atomic mass is 32.1. The number of carbonyl (C=O) groups is 1. The fourth-order valence-electron chi connectivity index (χ4n) is 1.95. The van der Waals surface area contributed by atoms with Crippen LogP contribution in [0.3, 0.4) is 0 Å². The first kappa shape index (κ1) is 12.8. The standard InChI is InChI=1S/C14H14N2O3S/c1-8-2-3-13(20-8)14(17)16-10-7-12-11(6-9(10)15)18-4-5-19-12/h2-3,6-7H,4-5,15H2,1H3,(H,16,17). The maximum atomic E-state index is 12.1. The largest absolute Gasteiger partial charge is 0.486 e. The van der Waals surface area contributed by atoms with E-state index in [0.29, 0.717) is 41.0 Å². The summed E-state index contributed by atoms with van der Waals surface area (Å²) in [6.07, 6.45) is 0. The molecule has 0 unspecified atom stereocenters. The molecule has 104 valence electrons. The van der Waals surface area contributed by atoms with Crippen LogP contribution in [0.4, 0.5) is 11.4 Å².